The van der Waals surface area contributed by atoms with Crippen molar-refractivity contribution in [3.8, 4) is 11.5 Å². The lowest BCUT2D eigenvalue weighted by molar-refractivity contribution is 0.0199. The quantitative estimate of drug-likeness (QED) is 0.649. The number of ether oxygens (including phenoxy) is 1. The van der Waals surface area contributed by atoms with E-state index in [1.807, 2.05) is 45.3 Å². The summed E-state index contributed by atoms with van der Waals surface area (Å²) in [4.78, 5) is 27.1. The van der Waals surface area contributed by atoms with Gasteiger partial charge in [0.05, 0.1) is 11.9 Å². The summed E-state index contributed by atoms with van der Waals surface area (Å²) in [6.45, 7) is 6.54. The lowest BCUT2D eigenvalue weighted by Crippen LogP contribution is -2.47. The summed E-state index contributed by atoms with van der Waals surface area (Å²) in [6, 6.07) is 9.59. The molecule has 0 radical (unpaired) electrons. The van der Waals surface area contributed by atoms with E-state index in [0.717, 1.165) is 0 Å². The Morgan fingerprint density at radius 1 is 1.09 bits per heavy atom. The molecule has 3 aromatic rings. The van der Waals surface area contributed by atoms with E-state index in [9.17, 15) is 14.0 Å². The predicted octanol–water partition coefficient (Wildman–Crippen LogP) is 3.93. The minimum atomic E-state index is -0.540. The molecule has 0 unspecified atom stereocenters. The molecule has 0 saturated carbocycles. The maximum atomic E-state index is 13.4. The van der Waals surface area contributed by atoms with Crippen LogP contribution in [-0.2, 0) is 4.74 Å². The van der Waals surface area contributed by atoms with E-state index in [1.165, 1.54) is 18.3 Å². The van der Waals surface area contributed by atoms with Gasteiger partial charge in [-0.2, -0.15) is 5.10 Å². The maximum absolute atomic E-state index is 13.4. The van der Waals surface area contributed by atoms with Crippen molar-refractivity contribution in [2.75, 3.05) is 13.1 Å². The number of hydrogen-bond donors (Lipinski definition) is 1. The fourth-order valence-corrected chi connectivity index (χ4v) is 3.79. The number of nitrogens with zero attached hydrogens (tertiary/aromatic N) is 4. The topological polar surface area (TPSA) is 81.4 Å². The first-order chi connectivity index (χ1) is 15.7. The van der Waals surface area contributed by atoms with Crippen LogP contribution in [0, 0.1) is 5.82 Å². The Morgan fingerprint density at radius 3 is 2.33 bits per heavy atom. The smallest absolute Gasteiger partial charge is 0.410 e. The molecule has 0 spiro atoms. The second-order valence-electron chi connectivity index (χ2n) is 9.08. The first-order valence-corrected chi connectivity index (χ1v) is 11.0. The predicted molar refractivity (Wildman–Crippen MR) is 121 cm³/mol. The lowest BCUT2D eigenvalue weighted by atomic mass is 10.0. The molecule has 0 aliphatic carbocycles. The molecular formula is C24H28FN5O3. The van der Waals surface area contributed by atoms with Crippen LogP contribution in [0.3, 0.4) is 0 Å². The van der Waals surface area contributed by atoms with Gasteiger partial charge >= 0.3 is 6.09 Å². The Hall–Kier alpha value is -3.62. The van der Waals surface area contributed by atoms with E-state index in [1.54, 1.807) is 26.3 Å². The number of rotatable bonds is 4. The molecule has 33 heavy (non-hydrogen) atoms. The molecule has 3 heterocycles. The van der Waals surface area contributed by atoms with Crippen molar-refractivity contribution >= 4 is 12.0 Å². The summed E-state index contributed by atoms with van der Waals surface area (Å²) >= 11 is 0. The standard InChI is InChI=1S/C24H28FN5O3/c1-24(2,3)33-23(32)29-14-10-18(11-15-29)27-21(31)20-16-26-30(19-8-6-17(25)7-9-19)22(20)28-12-4-5-13-28/h4-9,12-13,16,18H,10-11,14-15H2,1-3H3,(H,27,31). The largest absolute Gasteiger partial charge is 0.444 e. The zero-order valence-corrected chi connectivity index (χ0v) is 19.0. The molecule has 9 heteroatoms. The van der Waals surface area contributed by atoms with Crippen LogP contribution >= 0.6 is 0 Å². The Balaban J connectivity index is 1.48. The van der Waals surface area contributed by atoms with Crippen molar-refractivity contribution in [2.45, 2.75) is 45.3 Å². The van der Waals surface area contributed by atoms with Crippen molar-refractivity contribution in [3.63, 3.8) is 0 Å². The average molecular weight is 454 g/mol. The summed E-state index contributed by atoms with van der Waals surface area (Å²) in [6.07, 6.45) is 6.11. The highest BCUT2D eigenvalue weighted by Gasteiger charge is 2.29. The van der Waals surface area contributed by atoms with Crippen LogP contribution in [0.5, 0.6) is 0 Å². The number of halogens is 1. The van der Waals surface area contributed by atoms with E-state index in [-0.39, 0.29) is 23.9 Å². The second-order valence-corrected chi connectivity index (χ2v) is 9.08. The highest BCUT2D eigenvalue weighted by molar-refractivity contribution is 5.97. The van der Waals surface area contributed by atoms with Gasteiger partial charge in [-0.1, -0.05) is 0 Å². The summed E-state index contributed by atoms with van der Waals surface area (Å²) < 4.78 is 22.2. The van der Waals surface area contributed by atoms with Crippen LogP contribution in [0.1, 0.15) is 44.0 Å². The SMILES string of the molecule is CC(C)(C)OC(=O)N1CCC(NC(=O)c2cnn(-c3ccc(F)cc3)c2-n2cccc2)CC1. The molecule has 1 aromatic carbocycles. The molecule has 174 valence electrons. The van der Waals surface area contributed by atoms with E-state index < -0.39 is 5.60 Å². The van der Waals surface area contributed by atoms with Crippen LogP contribution in [-0.4, -0.2) is 56.0 Å². The highest BCUT2D eigenvalue weighted by atomic mass is 19.1. The molecule has 1 N–H and O–H groups in total. The van der Waals surface area contributed by atoms with Gasteiger partial charge in [0.25, 0.3) is 5.91 Å². The molecule has 2 amide bonds. The Labute approximate surface area is 191 Å². The van der Waals surface area contributed by atoms with Crippen LogP contribution in [0.15, 0.2) is 55.0 Å². The first-order valence-electron chi connectivity index (χ1n) is 11.0. The Kier molecular flexibility index (Phi) is 6.22. The number of nitrogens with one attached hydrogen (secondary N) is 1. The van der Waals surface area contributed by atoms with Gasteiger partial charge in [-0.15, -0.1) is 0 Å². The normalized spacial score (nSPS) is 14.8. The number of likely N-dealkylation sites (tertiary alicyclic amines) is 1. The molecule has 8 nitrogen and oxygen atoms in total. The second kappa shape index (κ2) is 9.09. The molecule has 1 saturated heterocycles. The van der Waals surface area contributed by atoms with Gasteiger partial charge in [-0.3, -0.25) is 4.79 Å². The van der Waals surface area contributed by atoms with Crippen LogP contribution in [0.4, 0.5) is 9.18 Å². The fraction of sp³-hybridized carbons (Fsp3) is 0.375. The third-order valence-corrected chi connectivity index (χ3v) is 5.39. The van der Waals surface area contributed by atoms with Gasteiger partial charge < -0.3 is 19.5 Å². The molecule has 0 atom stereocenters. The van der Waals surface area contributed by atoms with Crippen molar-refractivity contribution < 1.29 is 18.7 Å². The van der Waals surface area contributed by atoms with Crippen molar-refractivity contribution in [3.05, 3.63) is 66.4 Å². The maximum Gasteiger partial charge on any atom is 0.410 e. The molecule has 0 bridgehead atoms. The summed E-state index contributed by atoms with van der Waals surface area (Å²) in [5.74, 6) is -0.0258. The lowest BCUT2D eigenvalue weighted by Gasteiger charge is -2.33. The number of aromatic nitrogens is 3. The van der Waals surface area contributed by atoms with Gasteiger partial charge in [-0.05, 0) is 70.0 Å². The van der Waals surface area contributed by atoms with Gasteiger partial charge in [0.2, 0.25) is 0 Å². The molecule has 1 aliphatic heterocycles. The first kappa shape index (κ1) is 22.6. The monoisotopic (exact) mass is 453 g/mol. The van der Waals surface area contributed by atoms with E-state index >= 15 is 0 Å². The van der Waals surface area contributed by atoms with E-state index in [4.69, 9.17) is 4.74 Å². The summed E-state index contributed by atoms with van der Waals surface area (Å²) in [5, 5.41) is 7.47. The average Bonchev–Trinajstić information content (AvgIpc) is 3.43. The Morgan fingerprint density at radius 2 is 1.73 bits per heavy atom. The van der Waals surface area contributed by atoms with Gasteiger partial charge in [-0.25, -0.2) is 13.9 Å². The molecule has 1 aliphatic rings. The van der Waals surface area contributed by atoms with Gasteiger partial charge in [0.1, 0.15) is 17.0 Å². The number of carbonyl (C=O) groups excluding carboxylic acids is 2. The van der Waals surface area contributed by atoms with Crippen LogP contribution in [0.25, 0.3) is 11.5 Å². The van der Waals surface area contributed by atoms with Gasteiger partial charge in [0.15, 0.2) is 5.82 Å². The molecular weight excluding hydrogens is 425 g/mol. The van der Waals surface area contributed by atoms with Crippen LogP contribution in [0.2, 0.25) is 0 Å². The molecule has 4 rings (SSSR count). The fourth-order valence-electron chi connectivity index (χ4n) is 3.79. The van der Waals surface area contributed by atoms with E-state index in [0.29, 0.717) is 43.0 Å². The zero-order valence-electron chi connectivity index (χ0n) is 19.0. The third kappa shape index (κ3) is 5.24. The summed E-state index contributed by atoms with van der Waals surface area (Å²) in [7, 11) is 0. The third-order valence-electron chi connectivity index (χ3n) is 5.39. The van der Waals surface area contributed by atoms with Crippen molar-refractivity contribution in [1.29, 1.82) is 0 Å². The minimum absolute atomic E-state index is 0.0668. The van der Waals surface area contributed by atoms with Crippen molar-refractivity contribution in [2.24, 2.45) is 0 Å². The number of amides is 2. The zero-order chi connectivity index (χ0) is 23.6. The molecule has 1 fully saturated rings. The minimum Gasteiger partial charge on any atom is -0.444 e. The van der Waals surface area contributed by atoms with E-state index in [2.05, 4.69) is 10.4 Å². The number of carbonyl (C=O) groups is 2. The molecule has 2 aromatic heterocycles. The summed E-state index contributed by atoms with van der Waals surface area (Å²) in [5.41, 5.74) is 0.511. The number of piperidine rings is 1. The van der Waals surface area contributed by atoms with Crippen LogP contribution < -0.4 is 5.32 Å². The highest BCUT2D eigenvalue weighted by Crippen LogP contribution is 2.21. The van der Waals surface area contributed by atoms with Gasteiger partial charge in [0, 0.05) is 31.5 Å². The number of hydrogen-bond acceptors (Lipinski definition) is 4. The van der Waals surface area contributed by atoms with Crippen molar-refractivity contribution in [1.82, 2.24) is 24.6 Å². The number of benzene rings is 1. The Bertz CT molecular complexity index is 1110.